The summed E-state index contributed by atoms with van der Waals surface area (Å²) in [6.07, 6.45) is -0.556. The average Bonchev–Trinajstić information content (AvgIpc) is 2.75. The van der Waals surface area contributed by atoms with Crippen LogP contribution in [0, 0.1) is 0 Å². The monoisotopic (exact) mass is 284 g/mol. The number of hydrogen-bond donors (Lipinski definition) is 1. The third-order valence-corrected chi connectivity index (χ3v) is 4.12. The van der Waals surface area contributed by atoms with Crippen molar-refractivity contribution in [3.63, 3.8) is 0 Å². The molecule has 0 aromatic heterocycles. The molecule has 1 N–H and O–H groups in total. The van der Waals surface area contributed by atoms with E-state index in [1.165, 1.54) is 5.56 Å². The molecule has 1 aliphatic rings. The van der Waals surface area contributed by atoms with Gasteiger partial charge >= 0.3 is 0 Å². The van der Waals surface area contributed by atoms with Crippen molar-refractivity contribution in [3.05, 3.63) is 66.2 Å². The van der Waals surface area contributed by atoms with Crippen LogP contribution in [-0.4, -0.2) is 41.9 Å². The molecule has 21 heavy (non-hydrogen) atoms. The lowest BCUT2D eigenvalue weighted by molar-refractivity contribution is -0.913. The molecule has 0 amide bonds. The molecule has 3 unspecified atom stereocenters. The van der Waals surface area contributed by atoms with Gasteiger partial charge in [0.2, 0.25) is 0 Å². The fourth-order valence-corrected chi connectivity index (χ4v) is 3.14. The number of benzene rings is 2. The van der Waals surface area contributed by atoms with Crippen molar-refractivity contribution < 1.29 is 14.3 Å². The van der Waals surface area contributed by atoms with E-state index in [4.69, 9.17) is 4.74 Å². The van der Waals surface area contributed by atoms with Gasteiger partial charge in [0.25, 0.3) is 0 Å². The molecule has 0 bridgehead atoms. The zero-order valence-electron chi connectivity index (χ0n) is 12.4. The lowest BCUT2D eigenvalue weighted by Crippen LogP contribution is -2.42. The van der Waals surface area contributed by atoms with Gasteiger partial charge in [-0.1, -0.05) is 48.5 Å². The highest BCUT2D eigenvalue weighted by atomic mass is 16.5. The first-order valence-electron chi connectivity index (χ1n) is 7.42. The number of hydrogen-bond acceptors (Lipinski definition) is 2. The van der Waals surface area contributed by atoms with Crippen LogP contribution in [0.3, 0.4) is 0 Å². The molecule has 0 radical (unpaired) electrons. The van der Waals surface area contributed by atoms with Gasteiger partial charge in [0.05, 0.1) is 7.05 Å². The highest BCUT2D eigenvalue weighted by molar-refractivity contribution is 5.21. The summed E-state index contributed by atoms with van der Waals surface area (Å²) in [7, 11) is 2.19. The summed E-state index contributed by atoms with van der Waals surface area (Å²) in [6.45, 7) is 2.48. The van der Waals surface area contributed by atoms with Crippen molar-refractivity contribution >= 4 is 0 Å². The molecule has 110 valence electrons. The zero-order valence-corrected chi connectivity index (χ0v) is 12.4. The molecule has 1 heterocycles. The Kier molecular flexibility index (Phi) is 3.95. The minimum absolute atomic E-state index is 0.138. The van der Waals surface area contributed by atoms with E-state index in [1.54, 1.807) is 0 Å². The van der Waals surface area contributed by atoms with Gasteiger partial charge in [0, 0.05) is 5.56 Å². The van der Waals surface area contributed by atoms with Crippen LogP contribution in [0.25, 0.3) is 0 Å². The van der Waals surface area contributed by atoms with Crippen molar-refractivity contribution in [2.75, 3.05) is 20.1 Å². The minimum Gasteiger partial charge on any atom is -0.482 e. The molecule has 0 spiro atoms. The second kappa shape index (κ2) is 5.88. The first-order valence-corrected chi connectivity index (χ1v) is 7.42. The van der Waals surface area contributed by atoms with Crippen molar-refractivity contribution in [2.24, 2.45) is 0 Å². The molecule has 3 nitrogen and oxygen atoms in total. The summed E-state index contributed by atoms with van der Waals surface area (Å²) in [5.74, 6) is 0.828. The van der Waals surface area contributed by atoms with Gasteiger partial charge in [0.1, 0.15) is 31.5 Å². The van der Waals surface area contributed by atoms with Crippen LogP contribution in [0.2, 0.25) is 0 Å². The van der Waals surface area contributed by atoms with E-state index >= 15 is 0 Å². The van der Waals surface area contributed by atoms with Crippen LogP contribution in [0.4, 0.5) is 0 Å². The maximum atomic E-state index is 10.3. The van der Waals surface area contributed by atoms with Gasteiger partial charge < -0.3 is 14.3 Å². The fourth-order valence-electron chi connectivity index (χ4n) is 3.14. The molecule has 0 saturated carbocycles. The number of nitrogens with zero attached hydrogens (tertiary/aromatic N) is 1. The van der Waals surface area contributed by atoms with E-state index < -0.39 is 6.10 Å². The van der Waals surface area contributed by atoms with Crippen molar-refractivity contribution in [3.8, 4) is 5.75 Å². The zero-order chi connectivity index (χ0) is 14.7. The Labute approximate surface area is 126 Å². The summed E-state index contributed by atoms with van der Waals surface area (Å²) in [5.41, 5.74) is 1.30. The number of aliphatic hydroxyl groups excluding tert-OH is 1. The number of aliphatic hydroxyl groups is 1. The van der Waals surface area contributed by atoms with Gasteiger partial charge in [-0.25, -0.2) is 0 Å². The summed E-state index contributed by atoms with van der Waals surface area (Å²) in [6, 6.07) is 20.2. The molecule has 3 atom stereocenters. The molecule has 2 aromatic carbocycles. The van der Waals surface area contributed by atoms with Gasteiger partial charge in [-0.15, -0.1) is 0 Å². The van der Waals surface area contributed by atoms with E-state index in [-0.39, 0.29) is 6.10 Å². The largest absolute Gasteiger partial charge is 0.482 e. The van der Waals surface area contributed by atoms with Crippen LogP contribution in [0.5, 0.6) is 5.75 Å². The number of likely N-dealkylation sites (N-methyl/N-ethyl adjacent to an activating group) is 1. The van der Waals surface area contributed by atoms with Gasteiger partial charge in [-0.3, -0.25) is 0 Å². The first kappa shape index (κ1) is 14.1. The minimum atomic E-state index is -0.418. The Morgan fingerprint density at radius 2 is 1.62 bits per heavy atom. The van der Waals surface area contributed by atoms with E-state index in [0.29, 0.717) is 0 Å². The van der Waals surface area contributed by atoms with Crippen LogP contribution < -0.4 is 4.74 Å². The van der Waals surface area contributed by atoms with Gasteiger partial charge in [-0.05, 0) is 12.1 Å². The molecular weight excluding hydrogens is 262 g/mol. The Bertz CT molecular complexity index is 572. The van der Waals surface area contributed by atoms with E-state index in [1.807, 2.05) is 36.4 Å². The molecule has 1 aliphatic heterocycles. The van der Waals surface area contributed by atoms with E-state index in [2.05, 4.69) is 31.3 Å². The maximum Gasteiger partial charge on any atom is 0.178 e. The number of quaternary nitrogens is 1. The number of ether oxygens (including phenoxy) is 1. The summed E-state index contributed by atoms with van der Waals surface area (Å²) >= 11 is 0. The predicted molar refractivity (Wildman–Crippen MR) is 82.9 cm³/mol. The SMILES string of the molecule is C[N+]1(Cc2ccccc2)CC(O)C(Oc2ccccc2)C1. The number of para-hydroxylation sites is 1. The van der Waals surface area contributed by atoms with E-state index in [9.17, 15) is 5.11 Å². The molecule has 2 aromatic rings. The van der Waals surface area contributed by atoms with E-state index in [0.717, 1.165) is 29.9 Å². The Balaban J connectivity index is 1.67. The Hall–Kier alpha value is -1.84. The topological polar surface area (TPSA) is 29.5 Å². The van der Waals surface area contributed by atoms with Crippen LogP contribution in [0.15, 0.2) is 60.7 Å². The third-order valence-electron chi connectivity index (χ3n) is 4.12. The Morgan fingerprint density at radius 3 is 2.29 bits per heavy atom. The summed E-state index contributed by atoms with van der Waals surface area (Å²) in [4.78, 5) is 0. The smallest absolute Gasteiger partial charge is 0.178 e. The first-order chi connectivity index (χ1) is 10.1. The normalized spacial score (nSPS) is 28.5. The molecule has 1 fully saturated rings. The molecule has 1 saturated heterocycles. The standard InChI is InChI=1S/C18H22NO2/c1-19(12-15-8-4-2-5-9-15)13-17(20)18(14-19)21-16-10-6-3-7-11-16/h2-11,17-18,20H,12-14H2,1H3/q+1. The summed E-state index contributed by atoms with van der Waals surface area (Å²) in [5, 5.41) is 10.3. The second-order valence-corrected chi connectivity index (χ2v) is 6.17. The van der Waals surface area contributed by atoms with Crippen LogP contribution >= 0.6 is 0 Å². The highest BCUT2D eigenvalue weighted by Crippen LogP contribution is 2.25. The molecule has 0 aliphatic carbocycles. The molecule has 3 rings (SSSR count). The van der Waals surface area contributed by atoms with Crippen molar-refractivity contribution in [2.45, 2.75) is 18.8 Å². The lowest BCUT2D eigenvalue weighted by atomic mass is 10.2. The summed E-state index contributed by atoms with van der Waals surface area (Å²) < 4.78 is 6.76. The average molecular weight is 284 g/mol. The maximum absolute atomic E-state index is 10.3. The van der Waals surface area contributed by atoms with Crippen molar-refractivity contribution in [1.29, 1.82) is 0 Å². The lowest BCUT2D eigenvalue weighted by Gasteiger charge is -2.29. The van der Waals surface area contributed by atoms with Crippen LogP contribution in [0.1, 0.15) is 5.56 Å². The number of likely N-dealkylation sites (tertiary alicyclic amines) is 1. The Morgan fingerprint density at radius 1 is 1.00 bits per heavy atom. The second-order valence-electron chi connectivity index (χ2n) is 6.17. The van der Waals surface area contributed by atoms with Crippen LogP contribution in [-0.2, 0) is 6.54 Å². The highest BCUT2D eigenvalue weighted by Gasteiger charge is 2.43. The molecular formula is C18H22NO2+. The quantitative estimate of drug-likeness (QED) is 0.874. The van der Waals surface area contributed by atoms with Gasteiger partial charge in [0.15, 0.2) is 6.10 Å². The fraction of sp³-hybridized carbons (Fsp3) is 0.333. The third kappa shape index (κ3) is 3.43. The molecule has 3 heteroatoms. The van der Waals surface area contributed by atoms with Crippen molar-refractivity contribution in [1.82, 2.24) is 0 Å². The predicted octanol–water partition coefficient (Wildman–Crippen LogP) is 2.46. The number of rotatable bonds is 4. The van der Waals surface area contributed by atoms with Gasteiger partial charge in [-0.2, -0.15) is 0 Å².